The van der Waals surface area contributed by atoms with E-state index in [-0.39, 0.29) is 12.5 Å². The van der Waals surface area contributed by atoms with Crippen LogP contribution in [-0.2, 0) is 16.1 Å². The van der Waals surface area contributed by atoms with Crippen LogP contribution in [-0.4, -0.2) is 43.0 Å². The summed E-state index contributed by atoms with van der Waals surface area (Å²) in [5, 5.41) is 0.363. The maximum Gasteiger partial charge on any atom is 0.248 e. The molecule has 0 aromatic heterocycles. The molecule has 0 N–H and O–H groups in total. The van der Waals surface area contributed by atoms with Crippen LogP contribution in [0, 0.1) is 0 Å². The quantitative estimate of drug-likeness (QED) is 0.786. The van der Waals surface area contributed by atoms with Gasteiger partial charge in [-0.2, -0.15) is 11.8 Å². The number of fused-ring (bicyclic) bond motifs is 1. The number of carbonyl (C=O) groups is 1. The summed E-state index contributed by atoms with van der Waals surface area (Å²) >= 11 is 1.89. The van der Waals surface area contributed by atoms with Crippen molar-refractivity contribution >= 4 is 17.7 Å². The topological polar surface area (TPSA) is 48.0 Å². The van der Waals surface area contributed by atoms with Crippen molar-refractivity contribution in [3.63, 3.8) is 0 Å². The molecule has 142 valence electrons. The highest BCUT2D eigenvalue weighted by atomic mass is 32.2. The van der Waals surface area contributed by atoms with Gasteiger partial charge in [-0.3, -0.25) is 4.79 Å². The lowest BCUT2D eigenvalue weighted by atomic mass is 10.1. The Balaban J connectivity index is 1.28. The molecule has 2 aliphatic heterocycles. The molecule has 2 heterocycles. The van der Waals surface area contributed by atoms with Gasteiger partial charge in [-0.15, -0.1) is 0 Å². The highest BCUT2D eigenvalue weighted by Gasteiger charge is 2.24. The van der Waals surface area contributed by atoms with E-state index in [2.05, 4.69) is 12.1 Å². The minimum Gasteiger partial charge on any atom is -0.454 e. The number of benzene rings is 2. The largest absolute Gasteiger partial charge is 0.454 e. The molecule has 6 heteroatoms. The molecule has 2 aliphatic rings. The monoisotopic (exact) mass is 385 g/mol. The number of thioether (sulfide) groups is 1. The first-order valence-electron chi connectivity index (χ1n) is 9.20. The van der Waals surface area contributed by atoms with Gasteiger partial charge in [-0.05, 0) is 29.7 Å². The zero-order valence-electron chi connectivity index (χ0n) is 15.1. The smallest absolute Gasteiger partial charge is 0.248 e. The minimum atomic E-state index is 0.0675. The van der Waals surface area contributed by atoms with Gasteiger partial charge in [0.25, 0.3) is 0 Å². The maximum atomic E-state index is 12.5. The van der Waals surface area contributed by atoms with Crippen molar-refractivity contribution in [1.82, 2.24) is 4.90 Å². The second-order valence-electron chi connectivity index (χ2n) is 6.62. The van der Waals surface area contributed by atoms with Gasteiger partial charge in [-0.25, -0.2) is 0 Å². The zero-order chi connectivity index (χ0) is 18.5. The van der Waals surface area contributed by atoms with Crippen molar-refractivity contribution < 1.29 is 19.0 Å². The normalized spacial score (nSPS) is 19.0. The minimum absolute atomic E-state index is 0.0675. The lowest BCUT2D eigenvalue weighted by Crippen LogP contribution is -2.35. The van der Waals surface area contributed by atoms with Crippen LogP contribution in [0.5, 0.6) is 11.5 Å². The van der Waals surface area contributed by atoms with Crippen molar-refractivity contribution in [3.05, 3.63) is 59.7 Å². The molecule has 2 aromatic carbocycles. The third kappa shape index (κ3) is 4.57. The number of hydrogen-bond acceptors (Lipinski definition) is 5. The van der Waals surface area contributed by atoms with E-state index in [1.54, 1.807) is 0 Å². The van der Waals surface area contributed by atoms with Crippen molar-refractivity contribution in [3.8, 4) is 11.5 Å². The summed E-state index contributed by atoms with van der Waals surface area (Å²) in [6.45, 7) is 2.41. The van der Waals surface area contributed by atoms with Gasteiger partial charge in [-0.1, -0.05) is 36.4 Å². The number of hydrogen-bond donors (Lipinski definition) is 0. The standard InChI is InChI=1S/C21H23NO4S/c23-21(14-24-13-16-4-2-1-3-5-16)22-9-8-20(27-11-10-22)17-6-7-18-19(12-17)26-15-25-18/h1-7,12,20H,8-11,13-15H2. The number of carbonyl (C=O) groups excluding carboxylic acids is 1. The van der Waals surface area contributed by atoms with Crippen LogP contribution >= 0.6 is 11.8 Å². The van der Waals surface area contributed by atoms with Crippen molar-refractivity contribution in [2.24, 2.45) is 0 Å². The summed E-state index contributed by atoms with van der Waals surface area (Å²) in [5.41, 5.74) is 2.32. The summed E-state index contributed by atoms with van der Waals surface area (Å²) in [6, 6.07) is 16.1. The van der Waals surface area contributed by atoms with Crippen LogP contribution < -0.4 is 9.47 Å². The Kier molecular flexibility index (Phi) is 5.84. The summed E-state index contributed by atoms with van der Waals surface area (Å²) in [5.74, 6) is 2.62. The molecule has 1 atom stereocenters. The van der Waals surface area contributed by atoms with Crippen molar-refractivity contribution in [2.75, 3.05) is 32.2 Å². The lowest BCUT2D eigenvalue weighted by Gasteiger charge is -2.20. The summed E-state index contributed by atoms with van der Waals surface area (Å²) in [4.78, 5) is 14.4. The van der Waals surface area contributed by atoms with Gasteiger partial charge in [0, 0.05) is 24.1 Å². The first-order valence-corrected chi connectivity index (χ1v) is 10.2. The average molecular weight is 385 g/mol. The fourth-order valence-electron chi connectivity index (χ4n) is 3.32. The van der Waals surface area contributed by atoms with Gasteiger partial charge in [0.15, 0.2) is 11.5 Å². The Bertz CT molecular complexity index is 783. The third-order valence-electron chi connectivity index (χ3n) is 4.80. The molecular formula is C21H23NO4S. The third-order valence-corrected chi connectivity index (χ3v) is 6.13. The van der Waals surface area contributed by atoms with Gasteiger partial charge in [0.1, 0.15) is 6.61 Å². The first kappa shape index (κ1) is 18.2. The van der Waals surface area contributed by atoms with Crippen molar-refractivity contribution in [1.29, 1.82) is 0 Å². The SMILES string of the molecule is O=C(COCc1ccccc1)N1CCSC(c2ccc3c(c2)OCO3)CC1. The fraction of sp³-hybridized carbons (Fsp3) is 0.381. The van der Waals surface area contributed by atoms with Crippen LogP contribution in [0.2, 0.25) is 0 Å². The molecule has 0 aliphatic carbocycles. The Hall–Kier alpha value is -2.18. The molecule has 2 aromatic rings. The van der Waals surface area contributed by atoms with Crippen LogP contribution in [0.25, 0.3) is 0 Å². The predicted molar refractivity (Wildman–Crippen MR) is 105 cm³/mol. The van der Waals surface area contributed by atoms with Crippen LogP contribution in [0.15, 0.2) is 48.5 Å². The zero-order valence-corrected chi connectivity index (χ0v) is 16.0. The molecule has 4 rings (SSSR count). The van der Waals surface area contributed by atoms with Crippen LogP contribution in [0.3, 0.4) is 0 Å². The molecule has 0 radical (unpaired) electrons. The van der Waals surface area contributed by atoms with Gasteiger partial charge in [0.05, 0.1) is 6.61 Å². The molecule has 1 amide bonds. The molecule has 0 bridgehead atoms. The number of amides is 1. The predicted octanol–water partition coefficient (Wildman–Crippen LogP) is 3.64. The Labute approximate surface area is 163 Å². The van der Waals surface area contributed by atoms with E-state index in [0.29, 0.717) is 18.6 Å². The first-order chi connectivity index (χ1) is 13.3. The molecule has 1 fully saturated rings. The maximum absolute atomic E-state index is 12.5. The lowest BCUT2D eigenvalue weighted by molar-refractivity contribution is -0.136. The second-order valence-corrected chi connectivity index (χ2v) is 7.93. The van der Waals surface area contributed by atoms with E-state index in [4.69, 9.17) is 14.2 Å². The van der Waals surface area contributed by atoms with E-state index >= 15 is 0 Å². The Morgan fingerprint density at radius 1 is 1.11 bits per heavy atom. The highest BCUT2D eigenvalue weighted by Crippen LogP contribution is 2.40. The molecule has 27 heavy (non-hydrogen) atoms. The van der Waals surface area contributed by atoms with E-state index < -0.39 is 0 Å². The van der Waals surface area contributed by atoms with Crippen LogP contribution in [0.4, 0.5) is 0 Å². The van der Waals surface area contributed by atoms with Gasteiger partial charge >= 0.3 is 0 Å². The fourth-order valence-corrected chi connectivity index (χ4v) is 4.54. The summed E-state index contributed by atoms with van der Waals surface area (Å²) < 4.78 is 16.5. The molecular weight excluding hydrogens is 362 g/mol. The van der Waals surface area contributed by atoms with Crippen LogP contribution in [0.1, 0.15) is 22.8 Å². The van der Waals surface area contributed by atoms with E-state index in [9.17, 15) is 4.79 Å². The van der Waals surface area contributed by atoms with E-state index in [1.807, 2.05) is 53.1 Å². The Morgan fingerprint density at radius 2 is 1.96 bits per heavy atom. The summed E-state index contributed by atoms with van der Waals surface area (Å²) in [6.07, 6.45) is 0.925. The molecule has 1 unspecified atom stereocenters. The van der Waals surface area contributed by atoms with Crippen molar-refractivity contribution in [2.45, 2.75) is 18.3 Å². The highest BCUT2D eigenvalue weighted by molar-refractivity contribution is 7.99. The number of ether oxygens (including phenoxy) is 3. The Morgan fingerprint density at radius 3 is 2.85 bits per heavy atom. The summed E-state index contributed by atoms with van der Waals surface area (Å²) in [7, 11) is 0. The molecule has 0 saturated carbocycles. The number of rotatable bonds is 5. The molecule has 1 saturated heterocycles. The van der Waals surface area contributed by atoms with Gasteiger partial charge < -0.3 is 19.1 Å². The number of nitrogens with zero attached hydrogens (tertiary/aromatic N) is 1. The second kappa shape index (κ2) is 8.67. The van der Waals surface area contributed by atoms with E-state index in [1.165, 1.54) is 5.56 Å². The van der Waals surface area contributed by atoms with Gasteiger partial charge in [0.2, 0.25) is 12.7 Å². The van der Waals surface area contributed by atoms with E-state index in [0.717, 1.165) is 42.3 Å². The molecule has 5 nitrogen and oxygen atoms in total. The average Bonchev–Trinajstić information content (AvgIpc) is 3.03. The molecule has 0 spiro atoms.